The molecule has 2 aromatic heterocycles. The lowest BCUT2D eigenvalue weighted by Gasteiger charge is -2.05. The first kappa shape index (κ1) is 25.0. The van der Waals surface area contributed by atoms with Crippen molar-refractivity contribution in [3.05, 3.63) is 112 Å². The summed E-state index contributed by atoms with van der Waals surface area (Å²) < 4.78 is 15.3. The molecular weight excluding hydrogens is 503 g/mol. The van der Waals surface area contributed by atoms with Gasteiger partial charge in [-0.1, -0.05) is 59.9 Å². The molecule has 5 rings (SSSR count). The van der Waals surface area contributed by atoms with Gasteiger partial charge in [0.15, 0.2) is 0 Å². The molecule has 38 heavy (non-hydrogen) atoms. The quantitative estimate of drug-likeness (QED) is 0.221. The van der Waals surface area contributed by atoms with Gasteiger partial charge in [-0.2, -0.15) is 5.10 Å². The zero-order valence-corrected chi connectivity index (χ0v) is 21.2. The van der Waals surface area contributed by atoms with Gasteiger partial charge in [0.2, 0.25) is 11.0 Å². The number of rotatable bonds is 8. The van der Waals surface area contributed by atoms with Crippen molar-refractivity contribution >= 4 is 45.4 Å². The SMILES string of the molecule is Cc1ccccc1C(=O)Nc1nnc(CC(=O)NN=Cc2cn(Cc3ccc(F)cc3)c3ccccc23)s1. The first-order valence-corrected chi connectivity index (χ1v) is 12.6. The maximum absolute atomic E-state index is 13.3. The first-order valence-electron chi connectivity index (χ1n) is 11.8. The molecule has 190 valence electrons. The number of fused-ring (bicyclic) bond motifs is 1. The molecule has 2 amide bonds. The van der Waals surface area contributed by atoms with Crippen LogP contribution in [0.1, 0.15) is 32.1 Å². The molecule has 2 N–H and O–H groups in total. The van der Waals surface area contributed by atoms with E-state index in [9.17, 15) is 14.0 Å². The van der Waals surface area contributed by atoms with E-state index in [-0.39, 0.29) is 24.1 Å². The predicted molar refractivity (Wildman–Crippen MR) is 146 cm³/mol. The molecule has 0 aliphatic rings. The minimum Gasteiger partial charge on any atom is -0.342 e. The van der Waals surface area contributed by atoms with Gasteiger partial charge in [-0.15, -0.1) is 10.2 Å². The van der Waals surface area contributed by atoms with Crippen LogP contribution >= 0.6 is 11.3 Å². The van der Waals surface area contributed by atoms with Gasteiger partial charge in [0.05, 0.1) is 12.6 Å². The Labute approximate surface area is 221 Å². The lowest BCUT2D eigenvalue weighted by molar-refractivity contribution is -0.120. The zero-order valence-electron chi connectivity index (χ0n) is 20.4. The average Bonchev–Trinajstić information content (AvgIpc) is 3.49. The molecule has 0 saturated carbocycles. The van der Waals surface area contributed by atoms with Crippen LogP contribution in [0, 0.1) is 12.7 Å². The smallest absolute Gasteiger partial charge is 0.257 e. The Bertz CT molecular complexity index is 1640. The molecule has 0 atom stereocenters. The lowest BCUT2D eigenvalue weighted by Crippen LogP contribution is -2.19. The van der Waals surface area contributed by atoms with E-state index < -0.39 is 0 Å². The van der Waals surface area contributed by atoms with Crippen LogP contribution < -0.4 is 10.7 Å². The van der Waals surface area contributed by atoms with E-state index in [1.165, 1.54) is 12.1 Å². The van der Waals surface area contributed by atoms with Gasteiger partial charge in [0.25, 0.3) is 5.91 Å². The third-order valence-electron chi connectivity index (χ3n) is 5.87. The monoisotopic (exact) mass is 526 g/mol. The number of halogens is 1. The summed E-state index contributed by atoms with van der Waals surface area (Å²) in [6.07, 6.45) is 3.51. The highest BCUT2D eigenvalue weighted by Crippen LogP contribution is 2.22. The molecular formula is C28H23FN6O2S. The number of carbonyl (C=O) groups is 2. The van der Waals surface area contributed by atoms with Gasteiger partial charge >= 0.3 is 0 Å². The molecule has 0 unspecified atom stereocenters. The van der Waals surface area contributed by atoms with Crippen LogP contribution in [0.5, 0.6) is 0 Å². The minimum absolute atomic E-state index is 0.0262. The highest BCUT2D eigenvalue weighted by Gasteiger charge is 2.14. The largest absolute Gasteiger partial charge is 0.342 e. The van der Waals surface area contributed by atoms with Crippen molar-refractivity contribution in [2.75, 3.05) is 5.32 Å². The van der Waals surface area contributed by atoms with Crippen LogP contribution in [-0.2, 0) is 17.8 Å². The number of aromatic nitrogens is 3. The summed E-state index contributed by atoms with van der Waals surface area (Å²) in [5.41, 5.74) is 6.73. The maximum atomic E-state index is 13.3. The van der Waals surface area contributed by atoms with Gasteiger partial charge in [0, 0.05) is 34.8 Å². The molecule has 0 radical (unpaired) electrons. The van der Waals surface area contributed by atoms with Crippen LogP contribution in [0.3, 0.4) is 0 Å². The summed E-state index contributed by atoms with van der Waals surface area (Å²) in [6.45, 7) is 2.43. The summed E-state index contributed by atoms with van der Waals surface area (Å²) >= 11 is 1.13. The van der Waals surface area contributed by atoms with E-state index in [2.05, 4.69) is 30.6 Å². The van der Waals surface area contributed by atoms with Crippen molar-refractivity contribution in [1.29, 1.82) is 0 Å². The van der Waals surface area contributed by atoms with E-state index >= 15 is 0 Å². The summed E-state index contributed by atoms with van der Waals surface area (Å²) in [4.78, 5) is 24.9. The second kappa shape index (κ2) is 11.1. The van der Waals surface area contributed by atoms with Gasteiger partial charge in [0.1, 0.15) is 10.8 Å². The second-order valence-electron chi connectivity index (χ2n) is 8.60. The van der Waals surface area contributed by atoms with E-state index in [1.54, 1.807) is 30.5 Å². The van der Waals surface area contributed by atoms with Gasteiger partial charge in [-0.25, -0.2) is 9.82 Å². The van der Waals surface area contributed by atoms with Crippen molar-refractivity contribution in [1.82, 2.24) is 20.2 Å². The number of para-hydroxylation sites is 1. The van der Waals surface area contributed by atoms with Crippen LogP contribution in [-0.4, -0.2) is 32.8 Å². The Morgan fingerprint density at radius 3 is 2.61 bits per heavy atom. The number of carbonyl (C=O) groups excluding carboxylic acids is 2. The molecule has 8 nitrogen and oxygen atoms in total. The molecule has 0 bridgehead atoms. The van der Waals surface area contributed by atoms with Crippen LogP contribution in [0.15, 0.2) is 84.1 Å². The van der Waals surface area contributed by atoms with E-state index in [0.717, 1.165) is 38.9 Å². The molecule has 0 saturated heterocycles. The summed E-state index contributed by atoms with van der Waals surface area (Å²) in [7, 11) is 0. The Hall–Kier alpha value is -4.70. The summed E-state index contributed by atoms with van der Waals surface area (Å²) in [5, 5.41) is 16.6. The van der Waals surface area contributed by atoms with Crippen molar-refractivity contribution in [3.8, 4) is 0 Å². The minimum atomic E-state index is -0.357. The molecule has 0 fully saturated rings. The Morgan fingerprint density at radius 1 is 1.03 bits per heavy atom. The van der Waals surface area contributed by atoms with Crippen molar-refractivity contribution < 1.29 is 14.0 Å². The normalized spacial score (nSPS) is 11.2. The highest BCUT2D eigenvalue weighted by molar-refractivity contribution is 7.15. The molecule has 10 heteroatoms. The van der Waals surface area contributed by atoms with Gasteiger partial charge in [-0.05, 0) is 42.3 Å². The Balaban J connectivity index is 1.21. The Morgan fingerprint density at radius 2 is 1.79 bits per heavy atom. The number of hydrogen-bond acceptors (Lipinski definition) is 6. The number of benzene rings is 3. The number of aryl methyl sites for hydroxylation is 1. The third-order valence-corrected chi connectivity index (χ3v) is 6.71. The second-order valence-corrected chi connectivity index (χ2v) is 9.66. The van der Waals surface area contributed by atoms with E-state index in [4.69, 9.17) is 0 Å². The highest BCUT2D eigenvalue weighted by atomic mass is 32.1. The average molecular weight is 527 g/mol. The van der Waals surface area contributed by atoms with E-state index in [0.29, 0.717) is 22.2 Å². The van der Waals surface area contributed by atoms with Crippen LogP contribution in [0.4, 0.5) is 9.52 Å². The molecule has 2 heterocycles. The third kappa shape index (κ3) is 5.81. The number of hydrogen-bond donors (Lipinski definition) is 2. The van der Waals surface area contributed by atoms with Crippen molar-refractivity contribution in [2.24, 2.45) is 5.10 Å². The number of hydrazone groups is 1. The van der Waals surface area contributed by atoms with Gasteiger partial charge < -0.3 is 4.57 Å². The fourth-order valence-electron chi connectivity index (χ4n) is 4.01. The maximum Gasteiger partial charge on any atom is 0.257 e. The van der Waals surface area contributed by atoms with Crippen LogP contribution in [0.25, 0.3) is 10.9 Å². The molecule has 0 aliphatic carbocycles. The topological polar surface area (TPSA) is 101 Å². The number of amides is 2. The summed E-state index contributed by atoms with van der Waals surface area (Å²) in [6, 6.07) is 21.5. The number of nitrogens with one attached hydrogen (secondary N) is 2. The fourth-order valence-corrected chi connectivity index (χ4v) is 4.75. The van der Waals surface area contributed by atoms with Crippen molar-refractivity contribution in [2.45, 2.75) is 19.9 Å². The Kier molecular flexibility index (Phi) is 7.32. The van der Waals surface area contributed by atoms with E-state index in [1.807, 2.05) is 49.5 Å². The van der Waals surface area contributed by atoms with Gasteiger partial charge in [-0.3, -0.25) is 14.9 Å². The van der Waals surface area contributed by atoms with Crippen LogP contribution in [0.2, 0.25) is 0 Å². The lowest BCUT2D eigenvalue weighted by atomic mass is 10.1. The zero-order chi connectivity index (χ0) is 26.5. The molecule has 0 spiro atoms. The van der Waals surface area contributed by atoms with Crippen molar-refractivity contribution in [3.63, 3.8) is 0 Å². The molecule has 5 aromatic rings. The first-order chi connectivity index (χ1) is 18.5. The molecule has 3 aromatic carbocycles. The number of nitrogens with zero attached hydrogens (tertiary/aromatic N) is 4. The predicted octanol–water partition coefficient (Wildman–Crippen LogP) is 4.93. The molecule has 0 aliphatic heterocycles. The summed E-state index contributed by atoms with van der Waals surface area (Å²) in [5.74, 6) is -0.908. The standard InChI is InChI=1S/C28H23FN6O2S/c1-18-6-2-3-7-22(18)27(37)31-28-34-33-26(38-28)14-25(36)32-30-15-20-17-35(24-9-5-4-8-23(20)24)16-19-10-12-21(29)13-11-19/h2-13,15,17H,14,16H2,1H3,(H,32,36)(H,31,34,37). The fraction of sp³-hybridized carbons (Fsp3) is 0.107. The number of anilines is 1.